The summed E-state index contributed by atoms with van der Waals surface area (Å²) in [5.41, 5.74) is 2.42. The topological polar surface area (TPSA) is 76.9 Å². The maximum atomic E-state index is 13.4. The van der Waals surface area contributed by atoms with Gasteiger partial charge in [-0.25, -0.2) is 8.78 Å². The van der Waals surface area contributed by atoms with Crippen LogP contribution in [0.4, 0.5) is 8.78 Å². The molecule has 5 rings (SSSR count). The van der Waals surface area contributed by atoms with Gasteiger partial charge in [-0.15, -0.1) is 0 Å². The number of halogens is 2. The Morgan fingerprint density at radius 1 is 1.06 bits per heavy atom. The SMILES string of the molecule is C[C@@H]1CN(C(=O)c2nn(CC(=O)N3CCC(Oc4ccc(F)c(F)c4)CC3)c3c2CCC3)C[C@H](C)O1. The normalized spacial score (nSPS) is 22.6. The van der Waals surface area contributed by atoms with Gasteiger partial charge in [0.2, 0.25) is 5.91 Å². The second-order valence-corrected chi connectivity index (χ2v) is 10.0. The van der Waals surface area contributed by atoms with E-state index in [1.807, 2.05) is 18.7 Å². The van der Waals surface area contributed by atoms with Crippen molar-refractivity contribution in [1.29, 1.82) is 0 Å². The van der Waals surface area contributed by atoms with Crippen LogP contribution >= 0.6 is 0 Å². The zero-order chi connectivity index (χ0) is 25.4. The summed E-state index contributed by atoms with van der Waals surface area (Å²) in [5.74, 6) is -1.70. The Balaban J connectivity index is 1.21. The summed E-state index contributed by atoms with van der Waals surface area (Å²) in [5, 5.41) is 4.62. The molecule has 0 unspecified atom stereocenters. The molecule has 2 amide bonds. The summed E-state index contributed by atoms with van der Waals surface area (Å²) in [6, 6.07) is 3.50. The van der Waals surface area contributed by atoms with Crippen LogP contribution in [-0.2, 0) is 28.9 Å². The molecular weight excluding hydrogens is 470 g/mol. The molecule has 2 aromatic rings. The second-order valence-electron chi connectivity index (χ2n) is 10.0. The minimum atomic E-state index is -0.942. The number of likely N-dealkylation sites (tertiary alicyclic amines) is 1. The molecule has 0 radical (unpaired) electrons. The van der Waals surface area contributed by atoms with E-state index < -0.39 is 11.6 Å². The fraction of sp³-hybridized carbons (Fsp3) is 0.577. The summed E-state index contributed by atoms with van der Waals surface area (Å²) in [6.45, 7) is 6.10. The number of carbonyl (C=O) groups is 2. The molecule has 2 aliphatic heterocycles. The monoisotopic (exact) mass is 502 g/mol. The van der Waals surface area contributed by atoms with Gasteiger partial charge in [-0.2, -0.15) is 5.10 Å². The molecule has 0 spiro atoms. The average molecular weight is 503 g/mol. The lowest BCUT2D eigenvalue weighted by Gasteiger charge is -2.35. The van der Waals surface area contributed by atoms with Gasteiger partial charge in [0.15, 0.2) is 17.3 Å². The summed E-state index contributed by atoms with van der Waals surface area (Å²) in [4.78, 5) is 30.0. The van der Waals surface area contributed by atoms with Crippen molar-refractivity contribution in [3.8, 4) is 5.75 Å². The Labute approximate surface area is 209 Å². The summed E-state index contributed by atoms with van der Waals surface area (Å²) < 4.78 is 39.9. The highest BCUT2D eigenvalue weighted by molar-refractivity contribution is 5.94. The first-order valence-corrected chi connectivity index (χ1v) is 12.7. The Morgan fingerprint density at radius 2 is 1.78 bits per heavy atom. The van der Waals surface area contributed by atoms with E-state index in [1.165, 1.54) is 6.07 Å². The molecule has 1 aliphatic carbocycles. The van der Waals surface area contributed by atoms with Crippen molar-refractivity contribution in [2.45, 2.75) is 70.8 Å². The van der Waals surface area contributed by atoms with Crippen molar-refractivity contribution >= 4 is 11.8 Å². The third-order valence-corrected chi connectivity index (χ3v) is 7.19. The third-order valence-electron chi connectivity index (χ3n) is 7.19. The minimum absolute atomic E-state index is 0.0246. The largest absolute Gasteiger partial charge is 0.490 e. The Bertz CT molecular complexity index is 1140. The molecule has 8 nitrogen and oxygen atoms in total. The number of morpholine rings is 1. The molecule has 0 bridgehead atoms. The predicted octanol–water partition coefficient (Wildman–Crippen LogP) is 2.97. The van der Waals surface area contributed by atoms with Crippen LogP contribution in [0.2, 0.25) is 0 Å². The van der Waals surface area contributed by atoms with Gasteiger partial charge < -0.3 is 19.3 Å². The lowest BCUT2D eigenvalue weighted by Crippen LogP contribution is -2.48. The van der Waals surface area contributed by atoms with Crippen molar-refractivity contribution in [3.05, 3.63) is 46.8 Å². The number of hydrogen-bond acceptors (Lipinski definition) is 5. The molecule has 194 valence electrons. The van der Waals surface area contributed by atoms with Crippen LogP contribution in [-0.4, -0.2) is 75.9 Å². The van der Waals surface area contributed by atoms with Crippen LogP contribution < -0.4 is 4.74 Å². The number of piperidine rings is 1. The number of amides is 2. The van der Waals surface area contributed by atoms with E-state index in [1.54, 1.807) is 9.58 Å². The van der Waals surface area contributed by atoms with Crippen molar-refractivity contribution < 1.29 is 27.8 Å². The van der Waals surface area contributed by atoms with Crippen LogP contribution in [0.15, 0.2) is 18.2 Å². The van der Waals surface area contributed by atoms with E-state index in [0.717, 1.165) is 42.7 Å². The smallest absolute Gasteiger partial charge is 0.274 e. The van der Waals surface area contributed by atoms with Gasteiger partial charge in [-0.1, -0.05) is 0 Å². The van der Waals surface area contributed by atoms with E-state index in [4.69, 9.17) is 9.47 Å². The first-order valence-electron chi connectivity index (χ1n) is 12.7. The first-order chi connectivity index (χ1) is 17.3. The lowest BCUT2D eigenvalue weighted by molar-refractivity contribution is -0.133. The van der Waals surface area contributed by atoms with Gasteiger partial charge in [0.25, 0.3) is 5.91 Å². The molecular formula is C26H32F2N4O4. The van der Waals surface area contributed by atoms with Gasteiger partial charge in [-0.05, 0) is 45.2 Å². The summed E-state index contributed by atoms with van der Waals surface area (Å²) in [7, 11) is 0. The van der Waals surface area contributed by atoms with Crippen molar-refractivity contribution in [1.82, 2.24) is 19.6 Å². The number of nitrogens with zero attached hydrogens (tertiary/aromatic N) is 4. The molecule has 1 aromatic heterocycles. The predicted molar refractivity (Wildman–Crippen MR) is 127 cm³/mol. The van der Waals surface area contributed by atoms with Gasteiger partial charge in [0.1, 0.15) is 18.4 Å². The summed E-state index contributed by atoms with van der Waals surface area (Å²) >= 11 is 0. The molecule has 0 saturated carbocycles. The quantitative estimate of drug-likeness (QED) is 0.629. The van der Waals surface area contributed by atoms with Crippen LogP contribution in [0.1, 0.15) is 54.9 Å². The zero-order valence-corrected chi connectivity index (χ0v) is 20.7. The van der Waals surface area contributed by atoms with Crippen molar-refractivity contribution in [2.75, 3.05) is 26.2 Å². The number of carbonyl (C=O) groups excluding carboxylic acids is 2. The maximum Gasteiger partial charge on any atom is 0.274 e. The average Bonchev–Trinajstić information content (AvgIpc) is 3.45. The molecule has 0 N–H and O–H groups in total. The molecule has 1 aromatic carbocycles. The Kier molecular flexibility index (Phi) is 6.96. The van der Waals surface area contributed by atoms with Gasteiger partial charge in [-0.3, -0.25) is 14.3 Å². The van der Waals surface area contributed by atoms with Crippen LogP contribution in [0.5, 0.6) is 5.75 Å². The molecule has 10 heteroatoms. The fourth-order valence-corrected chi connectivity index (χ4v) is 5.50. The van der Waals surface area contributed by atoms with E-state index in [0.29, 0.717) is 44.7 Å². The molecule has 3 heterocycles. The van der Waals surface area contributed by atoms with Crippen LogP contribution in [0, 0.1) is 11.6 Å². The lowest BCUT2D eigenvalue weighted by atomic mass is 10.1. The van der Waals surface area contributed by atoms with Gasteiger partial charge in [0, 0.05) is 56.3 Å². The number of ether oxygens (including phenoxy) is 2. The first kappa shape index (κ1) is 24.7. The molecule has 2 atom stereocenters. The number of hydrogen-bond donors (Lipinski definition) is 0. The van der Waals surface area contributed by atoms with Crippen LogP contribution in [0.25, 0.3) is 0 Å². The Hall–Kier alpha value is -3.01. The highest BCUT2D eigenvalue weighted by Gasteiger charge is 2.33. The molecule has 2 saturated heterocycles. The van der Waals surface area contributed by atoms with E-state index in [-0.39, 0.29) is 42.4 Å². The highest BCUT2D eigenvalue weighted by Crippen LogP contribution is 2.28. The second kappa shape index (κ2) is 10.2. The molecule has 3 aliphatic rings. The standard InChI is InChI=1S/C26H32F2N4O4/c1-16-13-31(14-17(2)35-16)26(34)25-20-4-3-5-23(20)32(29-25)15-24(33)30-10-8-18(9-11-30)36-19-6-7-21(27)22(28)12-19/h6-7,12,16-18H,3-5,8-11,13-15H2,1-2H3/t16-,17+. The van der Waals surface area contributed by atoms with Gasteiger partial charge >= 0.3 is 0 Å². The van der Waals surface area contributed by atoms with E-state index in [9.17, 15) is 18.4 Å². The fourth-order valence-electron chi connectivity index (χ4n) is 5.50. The number of fused-ring (bicyclic) bond motifs is 1. The highest BCUT2D eigenvalue weighted by atomic mass is 19.2. The number of benzene rings is 1. The summed E-state index contributed by atoms with van der Waals surface area (Å²) in [6.07, 6.45) is 3.53. The zero-order valence-electron chi connectivity index (χ0n) is 20.7. The molecule has 36 heavy (non-hydrogen) atoms. The third kappa shape index (κ3) is 5.09. The van der Waals surface area contributed by atoms with Crippen molar-refractivity contribution in [2.24, 2.45) is 0 Å². The van der Waals surface area contributed by atoms with Crippen LogP contribution in [0.3, 0.4) is 0 Å². The number of rotatable bonds is 5. The molecule has 2 fully saturated rings. The number of aromatic nitrogens is 2. The maximum absolute atomic E-state index is 13.4. The van der Waals surface area contributed by atoms with E-state index in [2.05, 4.69) is 5.10 Å². The Morgan fingerprint density at radius 3 is 2.47 bits per heavy atom. The van der Waals surface area contributed by atoms with Gasteiger partial charge in [0.05, 0.1) is 12.2 Å². The minimum Gasteiger partial charge on any atom is -0.490 e. The van der Waals surface area contributed by atoms with E-state index >= 15 is 0 Å². The van der Waals surface area contributed by atoms with Crippen molar-refractivity contribution in [3.63, 3.8) is 0 Å².